The Kier molecular flexibility index (Phi) is 7.36. The van der Waals surface area contributed by atoms with Crippen LogP contribution in [0.15, 0.2) is 96.1 Å². The van der Waals surface area contributed by atoms with Gasteiger partial charge in [-0.1, -0.05) is 78.4 Å². The molecule has 3 aromatic carbocycles. The van der Waals surface area contributed by atoms with Gasteiger partial charge in [0.15, 0.2) is 0 Å². The first-order chi connectivity index (χ1) is 17.7. The summed E-state index contributed by atoms with van der Waals surface area (Å²) in [4.78, 5) is 14.6. The van der Waals surface area contributed by atoms with Gasteiger partial charge in [0.05, 0.1) is 37.4 Å². The van der Waals surface area contributed by atoms with Gasteiger partial charge < -0.3 is 9.30 Å². The minimum atomic E-state index is -0.129. The molecule has 0 radical (unpaired) electrons. The number of amides is 1. The van der Waals surface area contributed by atoms with E-state index in [9.17, 15) is 4.79 Å². The van der Waals surface area contributed by atoms with Crippen molar-refractivity contribution < 1.29 is 9.53 Å². The van der Waals surface area contributed by atoms with Gasteiger partial charge in [0.25, 0.3) is 5.91 Å². The van der Waals surface area contributed by atoms with Crippen molar-refractivity contribution in [3.8, 4) is 28.2 Å². The van der Waals surface area contributed by atoms with Crippen LogP contribution in [-0.4, -0.2) is 54.4 Å². The normalized spacial score (nSPS) is 14.2. The first-order valence-corrected chi connectivity index (χ1v) is 12.2. The zero-order valence-electron chi connectivity index (χ0n) is 20.4. The molecule has 0 aliphatic carbocycles. The van der Waals surface area contributed by atoms with Gasteiger partial charge in [-0.25, -0.2) is 5.43 Å². The molecule has 4 aromatic rings. The number of benzene rings is 3. The van der Waals surface area contributed by atoms with E-state index in [0.29, 0.717) is 19.8 Å². The zero-order chi connectivity index (χ0) is 24.7. The number of ether oxygens (including phenoxy) is 1. The fourth-order valence-electron chi connectivity index (χ4n) is 4.47. The second-order valence-corrected chi connectivity index (χ2v) is 8.92. The second kappa shape index (κ2) is 11.2. The molecule has 1 aliphatic rings. The predicted molar refractivity (Wildman–Crippen MR) is 144 cm³/mol. The van der Waals surface area contributed by atoms with Gasteiger partial charge in [0, 0.05) is 24.3 Å². The summed E-state index contributed by atoms with van der Waals surface area (Å²) >= 11 is 0. The van der Waals surface area contributed by atoms with Crippen LogP contribution in [-0.2, 0) is 9.53 Å². The Morgan fingerprint density at radius 3 is 2.22 bits per heavy atom. The third kappa shape index (κ3) is 5.46. The number of aryl methyl sites for hydroxylation is 1. The van der Waals surface area contributed by atoms with Crippen LogP contribution < -0.4 is 5.43 Å². The largest absolute Gasteiger partial charge is 0.379 e. The number of nitrogens with zero attached hydrogens (tertiary/aromatic N) is 3. The van der Waals surface area contributed by atoms with E-state index in [2.05, 4.69) is 81.5 Å². The number of aromatic nitrogens is 1. The Labute approximate surface area is 211 Å². The van der Waals surface area contributed by atoms with Crippen molar-refractivity contribution in [1.29, 1.82) is 0 Å². The lowest BCUT2D eigenvalue weighted by atomic mass is 10.1. The number of morpholine rings is 1. The van der Waals surface area contributed by atoms with Crippen LogP contribution in [0.4, 0.5) is 0 Å². The van der Waals surface area contributed by atoms with Crippen LogP contribution in [0, 0.1) is 6.92 Å². The zero-order valence-corrected chi connectivity index (χ0v) is 20.4. The summed E-state index contributed by atoms with van der Waals surface area (Å²) in [6.45, 7) is 5.24. The Hall–Kier alpha value is -4.00. The molecule has 1 fully saturated rings. The van der Waals surface area contributed by atoms with E-state index in [1.54, 1.807) is 6.21 Å². The smallest absolute Gasteiger partial charge is 0.254 e. The SMILES string of the molecule is Cc1ccc(-n2c(-c3ccccc3)cc(/C=N/NC(=O)CN3CCOCC3)c2-c2ccccc2)cc1. The highest BCUT2D eigenvalue weighted by molar-refractivity contribution is 5.94. The maximum atomic E-state index is 12.5. The summed E-state index contributed by atoms with van der Waals surface area (Å²) in [6, 6.07) is 31.3. The average molecular weight is 479 g/mol. The molecular formula is C30H30N4O2. The first-order valence-electron chi connectivity index (χ1n) is 12.2. The lowest BCUT2D eigenvalue weighted by Crippen LogP contribution is -2.42. The molecule has 0 saturated carbocycles. The maximum Gasteiger partial charge on any atom is 0.254 e. The molecule has 1 aliphatic heterocycles. The van der Waals surface area contributed by atoms with Gasteiger partial charge >= 0.3 is 0 Å². The van der Waals surface area contributed by atoms with Crippen LogP contribution in [0.2, 0.25) is 0 Å². The lowest BCUT2D eigenvalue weighted by molar-refractivity contribution is -0.123. The van der Waals surface area contributed by atoms with E-state index < -0.39 is 0 Å². The van der Waals surface area contributed by atoms with E-state index in [0.717, 1.165) is 46.9 Å². The fraction of sp³-hybridized carbons (Fsp3) is 0.200. The Morgan fingerprint density at radius 1 is 0.917 bits per heavy atom. The van der Waals surface area contributed by atoms with Gasteiger partial charge in [0.1, 0.15) is 0 Å². The van der Waals surface area contributed by atoms with Crippen molar-refractivity contribution in [2.45, 2.75) is 6.92 Å². The third-order valence-electron chi connectivity index (χ3n) is 6.30. The van der Waals surface area contributed by atoms with Crippen molar-refractivity contribution in [3.05, 3.63) is 102 Å². The monoisotopic (exact) mass is 478 g/mol. The predicted octanol–water partition coefficient (Wildman–Crippen LogP) is 4.90. The second-order valence-electron chi connectivity index (χ2n) is 8.92. The molecule has 36 heavy (non-hydrogen) atoms. The molecule has 182 valence electrons. The highest BCUT2D eigenvalue weighted by Gasteiger charge is 2.19. The van der Waals surface area contributed by atoms with Crippen LogP contribution in [0.3, 0.4) is 0 Å². The van der Waals surface area contributed by atoms with E-state index in [-0.39, 0.29) is 5.91 Å². The fourth-order valence-corrected chi connectivity index (χ4v) is 4.47. The molecule has 6 heteroatoms. The van der Waals surface area contributed by atoms with Crippen molar-refractivity contribution in [3.63, 3.8) is 0 Å². The molecule has 0 bridgehead atoms. The highest BCUT2D eigenvalue weighted by atomic mass is 16.5. The molecule has 1 saturated heterocycles. The third-order valence-corrected chi connectivity index (χ3v) is 6.30. The molecule has 2 heterocycles. The van der Waals surface area contributed by atoms with Crippen molar-refractivity contribution >= 4 is 12.1 Å². The number of carbonyl (C=O) groups excluding carboxylic acids is 1. The number of nitrogens with one attached hydrogen (secondary N) is 1. The van der Waals surface area contributed by atoms with Crippen LogP contribution in [0.5, 0.6) is 0 Å². The number of hydrazone groups is 1. The number of hydrogen-bond acceptors (Lipinski definition) is 4. The quantitative estimate of drug-likeness (QED) is 0.304. The van der Waals surface area contributed by atoms with Gasteiger partial charge in [-0.05, 0) is 36.2 Å². The van der Waals surface area contributed by atoms with Crippen molar-refractivity contribution in [1.82, 2.24) is 14.9 Å². The number of hydrogen-bond donors (Lipinski definition) is 1. The van der Waals surface area contributed by atoms with Crippen molar-refractivity contribution in [2.75, 3.05) is 32.8 Å². The summed E-state index contributed by atoms with van der Waals surface area (Å²) in [5.41, 5.74) is 10.2. The molecule has 0 atom stereocenters. The molecule has 1 aromatic heterocycles. The average Bonchev–Trinajstić information content (AvgIpc) is 3.30. The van der Waals surface area contributed by atoms with Gasteiger partial charge in [-0.2, -0.15) is 5.10 Å². The van der Waals surface area contributed by atoms with E-state index >= 15 is 0 Å². The summed E-state index contributed by atoms with van der Waals surface area (Å²) in [5, 5.41) is 4.35. The summed E-state index contributed by atoms with van der Waals surface area (Å²) in [7, 11) is 0. The molecule has 6 nitrogen and oxygen atoms in total. The summed E-state index contributed by atoms with van der Waals surface area (Å²) in [5.74, 6) is -0.129. The first kappa shape index (κ1) is 23.7. The highest BCUT2D eigenvalue weighted by Crippen LogP contribution is 2.35. The minimum Gasteiger partial charge on any atom is -0.379 e. The van der Waals surface area contributed by atoms with Gasteiger partial charge in [-0.15, -0.1) is 0 Å². The number of rotatable bonds is 7. The molecule has 1 amide bonds. The topological polar surface area (TPSA) is 58.9 Å². The van der Waals surface area contributed by atoms with E-state index in [4.69, 9.17) is 4.74 Å². The van der Waals surface area contributed by atoms with Crippen LogP contribution in [0.1, 0.15) is 11.1 Å². The Balaban J connectivity index is 1.54. The van der Waals surface area contributed by atoms with Gasteiger partial charge in [-0.3, -0.25) is 9.69 Å². The standard InChI is InChI=1S/C30H30N4O2/c1-23-12-14-27(15-13-23)34-28(24-8-4-2-5-9-24)20-26(30(34)25-10-6-3-7-11-25)21-31-32-29(35)22-33-16-18-36-19-17-33/h2-15,20-21H,16-19,22H2,1H3,(H,32,35)/b31-21+. The minimum absolute atomic E-state index is 0.129. The van der Waals surface area contributed by atoms with E-state index in [1.807, 2.05) is 36.4 Å². The summed E-state index contributed by atoms with van der Waals surface area (Å²) < 4.78 is 7.63. The number of carbonyl (C=O) groups is 1. The lowest BCUT2D eigenvalue weighted by Gasteiger charge is -2.25. The Bertz CT molecular complexity index is 1320. The van der Waals surface area contributed by atoms with Crippen LogP contribution in [0.25, 0.3) is 28.2 Å². The molecular weight excluding hydrogens is 448 g/mol. The van der Waals surface area contributed by atoms with Gasteiger partial charge in [0.2, 0.25) is 0 Å². The van der Waals surface area contributed by atoms with Crippen molar-refractivity contribution in [2.24, 2.45) is 5.10 Å². The van der Waals surface area contributed by atoms with Crippen LogP contribution >= 0.6 is 0 Å². The molecule has 0 spiro atoms. The molecule has 0 unspecified atom stereocenters. The Morgan fingerprint density at radius 2 is 1.56 bits per heavy atom. The molecule has 5 rings (SSSR count). The summed E-state index contributed by atoms with van der Waals surface area (Å²) in [6.07, 6.45) is 1.75. The van der Waals surface area contributed by atoms with E-state index in [1.165, 1.54) is 5.56 Å². The molecule has 1 N–H and O–H groups in total. The maximum absolute atomic E-state index is 12.5.